The fourth-order valence-corrected chi connectivity index (χ4v) is 1.91. The van der Waals surface area contributed by atoms with E-state index in [9.17, 15) is 26.3 Å². The van der Waals surface area contributed by atoms with Crippen LogP contribution in [0.4, 0.5) is 26.3 Å². The van der Waals surface area contributed by atoms with E-state index in [1.54, 1.807) is 0 Å². The van der Waals surface area contributed by atoms with Crippen LogP contribution in [-0.4, -0.2) is 7.11 Å². The van der Waals surface area contributed by atoms with E-state index in [4.69, 9.17) is 4.74 Å². The fourth-order valence-electron chi connectivity index (χ4n) is 1.91. The largest absolute Gasteiger partial charge is 0.497 e. The number of methoxy groups -OCH3 is 1. The van der Waals surface area contributed by atoms with Gasteiger partial charge in [-0.15, -0.1) is 0 Å². The molecule has 0 aromatic heterocycles. The molecule has 2 aromatic rings. The van der Waals surface area contributed by atoms with Crippen molar-refractivity contribution in [2.75, 3.05) is 7.11 Å². The number of ether oxygens (including phenoxy) is 1. The van der Waals surface area contributed by atoms with Gasteiger partial charge in [-0.2, -0.15) is 26.3 Å². The Hall–Kier alpha value is -2.18. The molecule has 118 valence electrons. The fraction of sp³-hybridized carbons (Fsp3) is 0.200. The van der Waals surface area contributed by atoms with Crippen molar-refractivity contribution in [3.8, 4) is 16.9 Å². The molecule has 0 saturated heterocycles. The molecule has 2 rings (SSSR count). The normalized spacial score (nSPS) is 12.3. The molecule has 0 radical (unpaired) electrons. The minimum Gasteiger partial charge on any atom is -0.497 e. The van der Waals surface area contributed by atoms with Gasteiger partial charge in [0, 0.05) is 0 Å². The van der Waals surface area contributed by atoms with Gasteiger partial charge in [-0.25, -0.2) is 0 Å². The van der Waals surface area contributed by atoms with Gasteiger partial charge in [-0.3, -0.25) is 0 Å². The van der Waals surface area contributed by atoms with Crippen molar-refractivity contribution in [2.24, 2.45) is 0 Å². The van der Waals surface area contributed by atoms with Crippen LogP contribution >= 0.6 is 0 Å². The first kappa shape index (κ1) is 16.2. The minimum absolute atomic E-state index is 0.104. The zero-order valence-electron chi connectivity index (χ0n) is 11.2. The van der Waals surface area contributed by atoms with Gasteiger partial charge < -0.3 is 4.74 Å². The van der Waals surface area contributed by atoms with Gasteiger partial charge in [-0.05, 0) is 41.5 Å². The molecule has 0 unspecified atom stereocenters. The Labute approximate surface area is 122 Å². The summed E-state index contributed by atoms with van der Waals surface area (Å²) in [4.78, 5) is 0. The Morgan fingerprint density at radius 1 is 0.682 bits per heavy atom. The summed E-state index contributed by atoms with van der Waals surface area (Å²) in [6, 6.07) is 7.20. The molecule has 0 spiro atoms. The first-order valence-corrected chi connectivity index (χ1v) is 6.05. The Morgan fingerprint density at radius 3 is 1.50 bits per heavy atom. The van der Waals surface area contributed by atoms with Crippen molar-refractivity contribution in [1.29, 1.82) is 0 Å². The second-order valence-electron chi connectivity index (χ2n) is 4.52. The zero-order chi connectivity index (χ0) is 16.5. The van der Waals surface area contributed by atoms with Crippen LogP contribution in [0.25, 0.3) is 11.1 Å². The first-order chi connectivity index (χ1) is 10.1. The second kappa shape index (κ2) is 5.55. The summed E-state index contributed by atoms with van der Waals surface area (Å²) in [6.07, 6.45) is -9.72. The number of halogens is 6. The SMILES string of the molecule is COc1ccc(-c2cc(C(F)(F)F)cc(C(F)(F)F)c2)cc1. The van der Waals surface area contributed by atoms with E-state index in [0.717, 1.165) is 0 Å². The lowest BCUT2D eigenvalue weighted by atomic mass is 9.99. The van der Waals surface area contributed by atoms with Gasteiger partial charge in [0.25, 0.3) is 0 Å². The molecular weight excluding hydrogens is 310 g/mol. The molecule has 0 atom stereocenters. The number of alkyl halides is 6. The topological polar surface area (TPSA) is 9.23 Å². The van der Waals surface area contributed by atoms with Gasteiger partial charge in [0.05, 0.1) is 18.2 Å². The lowest BCUT2D eigenvalue weighted by molar-refractivity contribution is -0.143. The van der Waals surface area contributed by atoms with Crippen LogP contribution in [0.15, 0.2) is 42.5 Å². The Kier molecular flexibility index (Phi) is 4.08. The first-order valence-electron chi connectivity index (χ1n) is 6.05. The third kappa shape index (κ3) is 3.52. The Morgan fingerprint density at radius 2 is 1.14 bits per heavy atom. The third-order valence-electron chi connectivity index (χ3n) is 3.01. The molecule has 0 bridgehead atoms. The van der Waals surface area contributed by atoms with Crippen molar-refractivity contribution in [2.45, 2.75) is 12.4 Å². The molecule has 0 aliphatic heterocycles. The van der Waals surface area contributed by atoms with Gasteiger partial charge in [0.2, 0.25) is 0 Å². The molecule has 7 heteroatoms. The molecule has 0 aliphatic rings. The molecule has 2 aromatic carbocycles. The Bertz CT molecular complexity index is 623. The third-order valence-corrected chi connectivity index (χ3v) is 3.01. The van der Waals surface area contributed by atoms with E-state index >= 15 is 0 Å². The number of hydrogen-bond donors (Lipinski definition) is 0. The van der Waals surface area contributed by atoms with Crippen molar-refractivity contribution in [1.82, 2.24) is 0 Å². The predicted octanol–water partition coefficient (Wildman–Crippen LogP) is 5.40. The molecule has 0 heterocycles. The maximum absolute atomic E-state index is 12.8. The molecule has 0 amide bonds. The van der Waals surface area contributed by atoms with E-state index < -0.39 is 23.5 Å². The minimum atomic E-state index is -4.86. The van der Waals surface area contributed by atoms with E-state index in [2.05, 4.69) is 0 Å². The Balaban J connectivity index is 2.59. The predicted molar refractivity (Wildman–Crippen MR) is 68.4 cm³/mol. The van der Waals surface area contributed by atoms with Crippen molar-refractivity contribution in [3.63, 3.8) is 0 Å². The van der Waals surface area contributed by atoms with Crippen LogP contribution in [0.1, 0.15) is 11.1 Å². The van der Waals surface area contributed by atoms with Crippen LogP contribution < -0.4 is 4.74 Å². The summed E-state index contributed by atoms with van der Waals surface area (Å²) in [5.74, 6) is 0.451. The number of hydrogen-bond acceptors (Lipinski definition) is 1. The van der Waals surface area contributed by atoms with Crippen LogP contribution in [-0.2, 0) is 12.4 Å². The highest BCUT2D eigenvalue weighted by molar-refractivity contribution is 5.66. The van der Waals surface area contributed by atoms with Crippen LogP contribution in [0.3, 0.4) is 0 Å². The van der Waals surface area contributed by atoms with E-state index in [0.29, 0.717) is 17.9 Å². The maximum atomic E-state index is 12.8. The van der Waals surface area contributed by atoms with Crippen LogP contribution in [0.5, 0.6) is 5.75 Å². The molecular formula is C15H10F6O. The average molecular weight is 320 g/mol. The summed E-state index contributed by atoms with van der Waals surface area (Å²) in [7, 11) is 1.40. The van der Waals surface area contributed by atoms with Crippen molar-refractivity contribution < 1.29 is 31.1 Å². The highest BCUT2D eigenvalue weighted by atomic mass is 19.4. The van der Waals surface area contributed by atoms with E-state index in [1.165, 1.54) is 31.4 Å². The summed E-state index contributed by atoms with van der Waals surface area (Å²) in [6.45, 7) is 0. The standard InChI is InChI=1S/C15H10F6O/c1-22-13-4-2-9(3-5-13)10-6-11(14(16,17)18)8-12(7-10)15(19,20)21/h2-8H,1H3. The van der Waals surface area contributed by atoms with E-state index in [1.807, 2.05) is 0 Å². The van der Waals surface area contributed by atoms with Gasteiger partial charge >= 0.3 is 12.4 Å². The van der Waals surface area contributed by atoms with Gasteiger partial charge in [-0.1, -0.05) is 12.1 Å². The van der Waals surface area contributed by atoms with Gasteiger partial charge in [0.15, 0.2) is 0 Å². The van der Waals surface area contributed by atoms with Crippen molar-refractivity contribution >= 4 is 0 Å². The number of rotatable bonds is 2. The molecule has 0 aliphatic carbocycles. The highest BCUT2D eigenvalue weighted by Gasteiger charge is 2.36. The molecule has 0 fully saturated rings. The smallest absolute Gasteiger partial charge is 0.416 e. The van der Waals surface area contributed by atoms with Crippen molar-refractivity contribution in [3.05, 3.63) is 53.6 Å². The lowest BCUT2D eigenvalue weighted by Crippen LogP contribution is -2.11. The lowest BCUT2D eigenvalue weighted by Gasteiger charge is -2.14. The van der Waals surface area contributed by atoms with Crippen LogP contribution in [0, 0.1) is 0 Å². The summed E-state index contributed by atoms with van der Waals surface area (Å²) >= 11 is 0. The molecule has 1 nitrogen and oxygen atoms in total. The molecule has 0 saturated carbocycles. The molecule has 0 N–H and O–H groups in total. The quantitative estimate of drug-likeness (QED) is 0.673. The average Bonchev–Trinajstić information content (AvgIpc) is 2.45. The number of benzene rings is 2. The monoisotopic (exact) mass is 320 g/mol. The van der Waals surface area contributed by atoms with Gasteiger partial charge in [0.1, 0.15) is 5.75 Å². The highest BCUT2D eigenvalue weighted by Crippen LogP contribution is 2.38. The maximum Gasteiger partial charge on any atom is 0.416 e. The zero-order valence-corrected chi connectivity index (χ0v) is 11.2. The van der Waals surface area contributed by atoms with Crippen LogP contribution in [0.2, 0.25) is 0 Å². The summed E-state index contributed by atoms with van der Waals surface area (Å²) in [5.41, 5.74) is -2.61. The molecule has 22 heavy (non-hydrogen) atoms. The summed E-state index contributed by atoms with van der Waals surface area (Å²) in [5, 5.41) is 0. The summed E-state index contributed by atoms with van der Waals surface area (Å²) < 4.78 is 81.6. The van der Waals surface area contributed by atoms with E-state index in [-0.39, 0.29) is 17.2 Å². The second-order valence-corrected chi connectivity index (χ2v) is 4.52.